The molecule has 106 valence electrons. The van der Waals surface area contributed by atoms with Gasteiger partial charge in [0.15, 0.2) is 0 Å². The molecule has 0 aromatic carbocycles. The van der Waals surface area contributed by atoms with Crippen molar-refractivity contribution in [3.63, 3.8) is 0 Å². The summed E-state index contributed by atoms with van der Waals surface area (Å²) in [5.74, 6) is 0.663. The van der Waals surface area contributed by atoms with Crippen LogP contribution in [0, 0.1) is 5.92 Å². The van der Waals surface area contributed by atoms with Crippen LogP contribution in [0.15, 0.2) is 0 Å². The minimum atomic E-state index is 0.176. The summed E-state index contributed by atoms with van der Waals surface area (Å²) >= 11 is 0. The molecule has 1 fully saturated rings. The number of aliphatic hydroxyl groups excluding tert-OH is 1. The van der Waals surface area contributed by atoms with Crippen molar-refractivity contribution in [2.75, 3.05) is 26.1 Å². The molecule has 2 atom stereocenters. The van der Waals surface area contributed by atoms with Crippen LogP contribution in [0.3, 0.4) is 0 Å². The molecule has 1 aromatic rings. The van der Waals surface area contributed by atoms with E-state index >= 15 is 0 Å². The van der Waals surface area contributed by atoms with Gasteiger partial charge in [-0.25, -0.2) is 0 Å². The number of nitrogens with one attached hydrogen (secondary N) is 1. The third-order valence-electron chi connectivity index (χ3n) is 3.42. The summed E-state index contributed by atoms with van der Waals surface area (Å²) in [5, 5.41) is 12.6. The van der Waals surface area contributed by atoms with E-state index in [-0.39, 0.29) is 30.6 Å². The fraction of sp³-hybridized carbons (Fsp3) is 0.750. The van der Waals surface area contributed by atoms with Crippen molar-refractivity contribution < 1.29 is 14.6 Å². The highest BCUT2D eigenvalue weighted by Crippen LogP contribution is 2.26. The molecule has 1 aliphatic carbocycles. The first kappa shape index (κ1) is 13.8. The molecule has 0 bridgehead atoms. The number of nitrogens with zero attached hydrogens (tertiary/aromatic N) is 3. The molecule has 1 aliphatic rings. The third kappa shape index (κ3) is 3.44. The van der Waals surface area contributed by atoms with Crippen molar-refractivity contribution in [3.8, 4) is 12.0 Å². The molecule has 19 heavy (non-hydrogen) atoms. The van der Waals surface area contributed by atoms with Crippen molar-refractivity contribution >= 4 is 5.95 Å². The van der Waals surface area contributed by atoms with E-state index in [0.717, 1.165) is 25.7 Å². The monoisotopic (exact) mass is 268 g/mol. The molecule has 2 N–H and O–H groups in total. The lowest BCUT2D eigenvalue weighted by Crippen LogP contribution is -2.35. The summed E-state index contributed by atoms with van der Waals surface area (Å²) in [7, 11) is 2.99. The minimum Gasteiger partial charge on any atom is -0.467 e. The molecule has 0 saturated heterocycles. The molecule has 0 aliphatic heterocycles. The second kappa shape index (κ2) is 6.51. The lowest BCUT2D eigenvalue weighted by atomic mass is 9.85. The molecule has 1 aromatic heterocycles. The third-order valence-corrected chi connectivity index (χ3v) is 3.42. The summed E-state index contributed by atoms with van der Waals surface area (Å²) in [6.45, 7) is 0.178. The van der Waals surface area contributed by atoms with Crippen molar-refractivity contribution in [2.24, 2.45) is 5.92 Å². The summed E-state index contributed by atoms with van der Waals surface area (Å²) < 4.78 is 10.0. The Bertz CT molecular complexity index is 394. The van der Waals surface area contributed by atoms with E-state index in [9.17, 15) is 5.11 Å². The van der Waals surface area contributed by atoms with Crippen molar-refractivity contribution in [2.45, 2.75) is 31.7 Å². The summed E-state index contributed by atoms with van der Waals surface area (Å²) in [5.41, 5.74) is 0. The molecule has 2 unspecified atom stereocenters. The molecule has 0 spiro atoms. The molecular weight excluding hydrogens is 248 g/mol. The van der Waals surface area contributed by atoms with Crippen LogP contribution < -0.4 is 14.8 Å². The standard InChI is InChI=1S/C12H20N4O3/c1-18-11-14-10(15-12(16-11)19-2)13-9-6-4-3-5-8(9)7-17/h8-9,17H,3-7H2,1-2H3,(H,13,14,15,16). The largest absolute Gasteiger partial charge is 0.467 e. The van der Waals surface area contributed by atoms with E-state index in [1.807, 2.05) is 0 Å². The Kier molecular flexibility index (Phi) is 4.73. The molecule has 7 nitrogen and oxygen atoms in total. The van der Waals surface area contributed by atoms with Gasteiger partial charge >= 0.3 is 12.0 Å². The second-order valence-corrected chi connectivity index (χ2v) is 4.61. The number of ether oxygens (including phenoxy) is 2. The molecule has 1 saturated carbocycles. The first-order chi connectivity index (χ1) is 9.26. The Morgan fingerprint density at radius 1 is 1.11 bits per heavy atom. The van der Waals surface area contributed by atoms with E-state index in [2.05, 4.69) is 20.3 Å². The van der Waals surface area contributed by atoms with Crippen LogP contribution in [-0.2, 0) is 0 Å². The number of aliphatic hydroxyl groups is 1. The van der Waals surface area contributed by atoms with E-state index < -0.39 is 0 Å². The number of anilines is 1. The van der Waals surface area contributed by atoms with Gasteiger partial charge in [-0.3, -0.25) is 0 Å². The van der Waals surface area contributed by atoms with E-state index in [1.165, 1.54) is 14.2 Å². The number of hydrogen-bond acceptors (Lipinski definition) is 7. The van der Waals surface area contributed by atoms with Crippen molar-refractivity contribution in [1.29, 1.82) is 0 Å². The summed E-state index contributed by atoms with van der Waals surface area (Å²) in [4.78, 5) is 12.2. The van der Waals surface area contributed by atoms with Crippen LogP contribution in [0.25, 0.3) is 0 Å². The zero-order valence-electron chi connectivity index (χ0n) is 11.3. The van der Waals surface area contributed by atoms with Crippen LogP contribution in [0.1, 0.15) is 25.7 Å². The van der Waals surface area contributed by atoms with Gasteiger partial charge in [-0.2, -0.15) is 9.97 Å². The Labute approximate surface area is 112 Å². The number of methoxy groups -OCH3 is 2. The Balaban J connectivity index is 2.12. The summed E-state index contributed by atoms with van der Waals surface area (Å²) in [6, 6.07) is 0.604. The van der Waals surface area contributed by atoms with E-state index in [0.29, 0.717) is 5.95 Å². The molecule has 0 amide bonds. The summed E-state index contributed by atoms with van der Waals surface area (Å²) in [6.07, 6.45) is 4.33. The highest BCUT2D eigenvalue weighted by atomic mass is 16.5. The van der Waals surface area contributed by atoms with Gasteiger partial charge in [0.1, 0.15) is 0 Å². The minimum absolute atomic E-state index is 0.176. The van der Waals surface area contributed by atoms with Crippen LogP contribution in [-0.4, -0.2) is 46.9 Å². The molecular formula is C12H20N4O3. The lowest BCUT2D eigenvalue weighted by Gasteiger charge is -2.30. The lowest BCUT2D eigenvalue weighted by molar-refractivity contribution is 0.177. The maximum atomic E-state index is 9.40. The van der Waals surface area contributed by atoms with E-state index in [1.54, 1.807) is 0 Å². The average molecular weight is 268 g/mol. The van der Waals surface area contributed by atoms with Crippen molar-refractivity contribution in [3.05, 3.63) is 0 Å². The van der Waals surface area contributed by atoms with Gasteiger partial charge in [0.25, 0.3) is 0 Å². The first-order valence-electron chi connectivity index (χ1n) is 6.48. The Morgan fingerprint density at radius 2 is 1.74 bits per heavy atom. The first-order valence-corrected chi connectivity index (χ1v) is 6.48. The normalized spacial score (nSPS) is 22.9. The second-order valence-electron chi connectivity index (χ2n) is 4.61. The highest BCUT2D eigenvalue weighted by Gasteiger charge is 2.25. The maximum Gasteiger partial charge on any atom is 0.324 e. The topological polar surface area (TPSA) is 89.4 Å². The van der Waals surface area contributed by atoms with Crippen LogP contribution in [0.5, 0.6) is 12.0 Å². The fourth-order valence-electron chi connectivity index (χ4n) is 2.37. The van der Waals surface area contributed by atoms with E-state index in [4.69, 9.17) is 9.47 Å². The predicted octanol–water partition coefficient (Wildman–Crippen LogP) is 0.852. The van der Waals surface area contributed by atoms with Gasteiger partial charge < -0.3 is 19.9 Å². The quantitative estimate of drug-likeness (QED) is 0.818. The zero-order valence-corrected chi connectivity index (χ0v) is 11.3. The van der Waals surface area contributed by atoms with Gasteiger partial charge in [0.05, 0.1) is 14.2 Å². The van der Waals surface area contributed by atoms with Gasteiger partial charge in [-0.15, -0.1) is 4.98 Å². The Morgan fingerprint density at radius 3 is 2.32 bits per heavy atom. The number of aromatic nitrogens is 3. The average Bonchev–Trinajstić information content (AvgIpc) is 2.47. The smallest absolute Gasteiger partial charge is 0.324 e. The predicted molar refractivity (Wildman–Crippen MR) is 69.4 cm³/mol. The SMILES string of the molecule is COc1nc(NC2CCCCC2CO)nc(OC)n1. The zero-order chi connectivity index (χ0) is 13.7. The van der Waals surface area contributed by atoms with Gasteiger partial charge in [-0.1, -0.05) is 12.8 Å². The number of rotatable bonds is 5. The van der Waals surface area contributed by atoms with Gasteiger partial charge in [-0.05, 0) is 12.8 Å². The molecule has 0 radical (unpaired) electrons. The molecule has 7 heteroatoms. The maximum absolute atomic E-state index is 9.40. The fourth-order valence-corrected chi connectivity index (χ4v) is 2.37. The van der Waals surface area contributed by atoms with Crippen LogP contribution >= 0.6 is 0 Å². The van der Waals surface area contributed by atoms with Gasteiger partial charge in [0, 0.05) is 18.6 Å². The molecule has 1 heterocycles. The van der Waals surface area contributed by atoms with Crippen LogP contribution in [0.2, 0.25) is 0 Å². The van der Waals surface area contributed by atoms with Gasteiger partial charge in [0.2, 0.25) is 5.95 Å². The number of hydrogen-bond donors (Lipinski definition) is 2. The Hall–Kier alpha value is -1.63. The van der Waals surface area contributed by atoms with Crippen LogP contribution in [0.4, 0.5) is 5.95 Å². The highest BCUT2D eigenvalue weighted by molar-refractivity contribution is 5.29. The molecule has 2 rings (SSSR count). The van der Waals surface area contributed by atoms with Crippen molar-refractivity contribution in [1.82, 2.24) is 15.0 Å².